The normalized spacial score (nSPS) is 13.4. The van der Waals surface area contributed by atoms with Gasteiger partial charge in [-0.05, 0) is 31.0 Å². The molecule has 0 saturated carbocycles. The lowest BCUT2D eigenvalue weighted by molar-refractivity contribution is 0.286. The SMILES string of the molecule is Cc1noc(C)c1-c1ccc2c(c1)C=NOB2O. The van der Waals surface area contributed by atoms with E-state index in [1.165, 1.54) is 0 Å². The van der Waals surface area contributed by atoms with Crippen LogP contribution in [0.3, 0.4) is 0 Å². The molecule has 0 radical (unpaired) electrons. The maximum Gasteiger partial charge on any atom is 0.583 e. The minimum Gasteiger partial charge on any atom is -0.427 e. The van der Waals surface area contributed by atoms with Gasteiger partial charge in [0.05, 0.1) is 11.9 Å². The van der Waals surface area contributed by atoms with Crippen molar-refractivity contribution in [1.82, 2.24) is 5.16 Å². The lowest BCUT2D eigenvalue weighted by Gasteiger charge is -2.13. The summed E-state index contributed by atoms with van der Waals surface area (Å²) < 4.78 is 9.93. The van der Waals surface area contributed by atoms with Crippen LogP contribution in [0.1, 0.15) is 17.0 Å². The van der Waals surface area contributed by atoms with Crippen LogP contribution in [0.5, 0.6) is 0 Å². The number of aromatic nitrogens is 1. The number of hydrogen-bond acceptors (Lipinski definition) is 5. The number of rotatable bonds is 1. The molecular formula is C12H11BN2O3. The Kier molecular flexibility index (Phi) is 2.45. The molecule has 1 aliphatic heterocycles. The Labute approximate surface area is 104 Å². The summed E-state index contributed by atoms with van der Waals surface area (Å²) in [5, 5.41) is 17.2. The zero-order valence-corrected chi connectivity index (χ0v) is 10.0. The predicted molar refractivity (Wildman–Crippen MR) is 67.7 cm³/mol. The molecule has 0 bridgehead atoms. The molecule has 6 heteroatoms. The van der Waals surface area contributed by atoms with Gasteiger partial charge in [0, 0.05) is 11.0 Å². The van der Waals surface area contributed by atoms with Crippen molar-refractivity contribution >= 4 is 18.8 Å². The first-order chi connectivity index (χ1) is 8.66. The third-order valence-electron chi connectivity index (χ3n) is 3.03. The van der Waals surface area contributed by atoms with Crippen molar-refractivity contribution in [3.63, 3.8) is 0 Å². The molecule has 2 heterocycles. The second-order valence-electron chi connectivity index (χ2n) is 4.24. The van der Waals surface area contributed by atoms with E-state index >= 15 is 0 Å². The van der Waals surface area contributed by atoms with Gasteiger partial charge in [0.25, 0.3) is 0 Å². The van der Waals surface area contributed by atoms with Crippen LogP contribution in [-0.2, 0) is 4.76 Å². The van der Waals surface area contributed by atoms with Gasteiger partial charge in [0.2, 0.25) is 0 Å². The van der Waals surface area contributed by atoms with Crippen molar-refractivity contribution in [1.29, 1.82) is 0 Å². The molecule has 1 N–H and O–H groups in total. The Morgan fingerprint density at radius 3 is 2.83 bits per heavy atom. The molecule has 18 heavy (non-hydrogen) atoms. The van der Waals surface area contributed by atoms with E-state index in [0.717, 1.165) is 28.1 Å². The van der Waals surface area contributed by atoms with Crippen LogP contribution in [-0.4, -0.2) is 23.5 Å². The van der Waals surface area contributed by atoms with Crippen molar-refractivity contribution in [2.45, 2.75) is 13.8 Å². The molecule has 5 nitrogen and oxygen atoms in total. The number of aryl methyl sites for hydroxylation is 2. The third-order valence-corrected chi connectivity index (χ3v) is 3.03. The molecule has 0 aliphatic carbocycles. The van der Waals surface area contributed by atoms with Gasteiger partial charge in [-0.3, -0.25) is 0 Å². The summed E-state index contributed by atoms with van der Waals surface area (Å²) in [4.78, 5) is 0. The van der Waals surface area contributed by atoms with Crippen molar-refractivity contribution in [3.05, 3.63) is 35.2 Å². The van der Waals surface area contributed by atoms with E-state index in [1.54, 1.807) is 6.21 Å². The van der Waals surface area contributed by atoms with Gasteiger partial charge in [-0.2, -0.15) is 0 Å². The van der Waals surface area contributed by atoms with Gasteiger partial charge < -0.3 is 14.3 Å². The fourth-order valence-corrected chi connectivity index (χ4v) is 2.16. The van der Waals surface area contributed by atoms with Gasteiger partial charge >= 0.3 is 7.12 Å². The molecule has 0 saturated heterocycles. The molecule has 0 fully saturated rings. The van der Waals surface area contributed by atoms with E-state index in [0.29, 0.717) is 5.46 Å². The predicted octanol–water partition coefficient (Wildman–Crippen LogP) is 1.01. The van der Waals surface area contributed by atoms with E-state index in [1.807, 2.05) is 32.0 Å². The summed E-state index contributed by atoms with van der Waals surface area (Å²) in [6, 6.07) is 5.68. The van der Waals surface area contributed by atoms with Crippen LogP contribution in [0, 0.1) is 13.8 Å². The molecule has 0 spiro atoms. The standard InChI is InChI=1S/C12H11BN2O3/c1-7-12(8(2)17-15-7)9-3-4-11-10(5-9)6-14-18-13(11)16/h3-6,16H,1-2H3. The quantitative estimate of drug-likeness (QED) is 0.757. The van der Waals surface area contributed by atoms with Crippen molar-refractivity contribution in [2.24, 2.45) is 5.16 Å². The average Bonchev–Trinajstić information content (AvgIpc) is 2.69. The highest BCUT2D eigenvalue weighted by molar-refractivity contribution is 6.62. The minimum atomic E-state index is -0.997. The number of oxime groups is 1. The van der Waals surface area contributed by atoms with Crippen LogP contribution in [0.25, 0.3) is 11.1 Å². The summed E-state index contributed by atoms with van der Waals surface area (Å²) in [6.07, 6.45) is 1.59. The van der Waals surface area contributed by atoms with Gasteiger partial charge in [-0.15, -0.1) is 5.16 Å². The van der Waals surface area contributed by atoms with Crippen LogP contribution < -0.4 is 5.46 Å². The Morgan fingerprint density at radius 1 is 1.28 bits per heavy atom. The Balaban J connectivity index is 2.14. The smallest absolute Gasteiger partial charge is 0.427 e. The van der Waals surface area contributed by atoms with E-state index < -0.39 is 7.12 Å². The van der Waals surface area contributed by atoms with E-state index in [9.17, 15) is 5.02 Å². The maximum absolute atomic E-state index is 9.63. The summed E-state index contributed by atoms with van der Waals surface area (Å²) in [5.41, 5.74) is 4.36. The zero-order valence-electron chi connectivity index (χ0n) is 10.0. The van der Waals surface area contributed by atoms with Crippen LogP contribution in [0.2, 0.25) is 0 Å². The van der Waals surface area contributed by atoms with Crippen molar-refractivity contribution in [2.75, 3.05) is 0 Å². The summed E-state index contributed by atoms with van der Waals surface area (Å²) in [6.45, 7) is 3.78. The number of nitrogens with zero attached hydrogens (tertiary/aromatic N) is 2. The lowest BCUT2D eigenvalue weighted by Crippen LogP contribution is -2.37. The molecule has 2 aromatic rings. The Bertz CT molecular complexity index is 617. The highest BCUT2D eigenvalue weighted by Gasteiger charge is 2.25. The second-order valence-corrected chi connectivity index (χ2v) is 4.24. The topological polar surface area (TPSA) is 67.9 Å². The second kappa shape index (κ2) is 3.99. The van der Waals surface area contributed by atoms with Crippen LogP contribution in [0.15, 0.2) is 27.9 Å². The molecule has 1 aromatic heterocycles. The monoisotopic (exact) mass is 242 g/mol. The first-order valence-corrected chi connectivity index (χ1v) is 5.61. The molecule has 90 valence electrons. The molecule has 0 unspecified atom stereocenters. The van der Waals surface area contributed by atoms with Crippen LogP contribution in [0.4, 0.5) is 0 Å². The minimum absolute atomic E-state index is 0.709. The Hall–Kier alpha value is -2.08. The molecule has 3 rings (SSSR count). The molecule has 1 aromatic carbocycles. The van der Waals surface area contributed by atoms with E-state index in [4.69, 9.17) is 9.28 Å². The van der Waals surface area contributed by atoms with Gasteiger partial charge in [0.1, 0.15) is 5.76 Å². The average molecular weight is 242 g/mol. The van der Waals surface area contributed by atoms with Crippen molar-refractivity contribution < 1.29 is 14.3 Å². The van der Waals surface area contributed by atoms with Gasteiger partial charge in [0.15, 0.2) is 0 Å². The lowest BCUT2D eigenvalue weighted by atomic mass is 9.75. The molecule has 1 aliphatic rings. The highest BCUT2D eigenvalue weighted by atomic mass is 16.6. The van der Waals surface area contributed by atoms with Gasteiger partial charge in [-0.1, -0.05) is 17.3 Å². The van der Waals surface area contributed by atoms with E-state index in [-0.39, 0.29) is 0 Å². The summed E-state index contributed by atoms with van der Waals surface area (Å²) in [5.74, 6) is 0.775. The fraction of sp³-hybridized carbons (Fsp3) is 0.167. The van der Waals surface area contributed by atoms with Gasteiger partial charge in [-0.25, -0.2) is 0 Å². The summed E-state index contributed by atoms with van der Waals surface area (Å²) >= 11 is 0. The largest absolute Gasteiger partial charge is 0.583 e. The molecule has 0 atom stereocenters. The zero-order chi connectivity index (χ0) is 12.7. The third kappa shape index (κ3) is 1.62. The molecular weight excluding hydrogens is 231 g/mol. The number of benzene rings is 1. The number of hydrogen-bond donors (Lipinski definition) is 1. The first-order valence-electron chi connectivity index (χ1n) is 5.61. The maximum atomic E-state index is 9.63. The molecule has 0 amide bonds. The van der Waals surface area contributed by atoms with Crippen molar-refractivity contribution in [3.8, 4) is 11.1 Å². The Morgan fingerprint density at radius 2 is 2.11 bits per heavy atom. The first kappa shape index (κ1) is 11.0. The summed E-state index contributed by atoms with van der Waals surface area (Å²) in [7, 11) is -0.997. The highest BCUT2D eigenvalue weighted by Crippen LogP contribution is 2.27. The van der Waals surface area contributed by atoms with Crippen LogP contribution >= 0.6 is 0 Å². The number of fused-ring (bicyclic) bond motifs is 1. The van der Waals surface area contributed by atoms with E-state index in [2.05, 4.69) is 10.3 Å². The fourth-order valence-electron chi connectivity index (χ4n) is 2.16.